The van der Waals surface area contributed by atoms with E-state index in [1.54, 1.807) is 30.5 Å². The molecule has 0 unspecified atom stereocenters. The van der Waals surface area contributed by atoms with Crippen LogP contribution in [0.2, 0.25) is 0 Å². The van der Waals surface area contributed by atoms with Crippen LogP contribution in [0.1, 0.15) is 6.92 Å². The minimum atomic E-state index is -0.568. The fourth-order valence-corrected chi connectivity index (χ4v) is 1.70. The van der Waals surface area contributed by atoms with E-state index in [0.717, 1.165) is 17.1 Å². The fourth-order valence-electron chi connectivity index (χ4n) is 1.70. The van der Waals surface area contributed by atoms with E-state index in [9.17, 15) is 9.59 Å². The molecule has 0 bridgehead atoms. The van der Waals surface area contributed by atoms with Gasteiger partial charge in [0, 0.05) is 18.3 Å². The Balaban J connectivity index is 1.98. The molecule has 22 heavy (non-hydrogen) atoms. The van der Waals surface area contributed by atoms with E-state index in [4.69, 9.17) is 0 Å². The molecule has 0 saturated heterocycles. The largest absolute Gasteiger partial charge is 0.453 e. The van der Waals surface area contributed by atoms with Crippen LogP contribution < -0.4 is 16.0 Å². The monoisotopic (exact) mass is 300 g/mol. The Bertz CT molecular complexity index is 653. The first-order valence-electron chi connectivity index (χ1n) is 6.52. The van der Waals surface area contributed by atoms with Gasteiger partial charge >= 0.3 is 6.09 Å². The van der Waals surface area contributed by atoms with Gasteiger partial charge < -0.3 is 15.4 Å². The standard InChI is InChI=1S/C15H16N4O3/c1-10(20)17-11-3-5-12(6-4-11)18-13-7-8-14(16-9-13)19-15(21)22-2/h3-9,18H,1-2H3,(H,17,20)(H,16,19,21). The lowest BCUT2D eigenvalue weighted by Crippen LogP contribution is -2.11. The number of pyridine rings is 1. The van der Waals surface area contributed by atoms with Crippen molar-refractivity contribution in [2.24, 2.45) is 0 Å². The summed E-state index contributed by atoms with van der Waals surface area (Å²) in [6.45, 7) is 1.46. The van der Waals surface area contributed by atoms with E-state index >= 15 is 0 Å². The molecule has 2 rings (SSSR count). The molecule has 0 aliphatic heterocycles. The van der Waals surface area contributed by atoms with Crippen LogP contribution in [0.15, 0.2) is 42.6 Å². The zero-order chi connectivity index (χ0) is 15.9. The fraction of sp³-hybridized carbons (Fsp3) is 0.133. The molecule has 2 aromatic rings. The predicted octanol–water partition coefficient (Wildman–Crippen LogP) is 2.96. The number of benzene rings is 1. The highest BCUT2D eigenvalue weighted by Gasteiger charge is 2.02. The lowest BCUT2D eigenvalue weighted by Gasteiger charge is -2.08. The van der Waals surface area contributed by atoms with E-state index < -0.39 is 6.09 Å². The summed E-state index contributed by atoms with van der Waals surface area (Å²) in [5, 5.41) is 8.32. The number of hydrogen-bond acceptors (Lipinski definition) is 5. The van der Waals surface area contributed by atoms with Gasteiger partial charge in [0.1, 0.15) is 5.82 Å². The van der Waals surface area contributed by atoms with Gasteiger partial charge in [-0.15, -0.1) is 0 Å². The van der Waals surface area contributed by atoms with E-state index in [-0.39, 0.29) is 5.91 Å². The Morgan fingerprint density at radius 2 is 1.59 bits per heavy atom. The average Bonchev–Trinajstić information content (AvgIpc) is 2.50. The highest BCUT2D eigenvalue weighted by Crippen LogP contribution is 2.19. The van der Waals surface area contributed by atoms with Crippen molar-refractivity contribution in [1.82, 2.24) is 4.98 Å². The molecule has 0 radical (unpaired) electrons. The van der Waals surface area contributed by atoms with Crippen molar-refractivity contribution in [2.45, 2.75) is 6.92 Å². The number of carbonyl (C=O) groups is 2. The molecule has 7 nitrogen and oxygen atoms in total. The van der Waals surface area contributed by atoms with Crippen LogP contribution in [0.3, 0.4) is 0 Å². The summed E-state index contributed by atoms with van der Waals surface area (Å²) in [5.74, 6) is 0.289. The smallest absolute Gasteiger partial charge is 0.412 e. The maximum absolute atomic E-state index is 11.0. The minimum Gasteiger partial charge on any atom is -0.453 e. The molecule has 114 valence electrons. The SMILES string of the molecule is COC(=O)Nc1ccc(Nc2ccc(NC(C)=O)cc2)cn1. The molecule has 0 aliphatic carbocycles. The van der Waals surface area contributed by atoms with Gasteiger partial charge in [0.2, 0.25) is 5.91 Å². The number of rotatable bonds is 4. The van der Waals surface area contributed by atoms with Crippen molar-refractivity contribution in [2.75, 3.05) is 23.1 Å². The molecule has 0 saturated carbocycles. The van der Waals surface area contributed by atoms with Crippen molar-refractivity contribution in [3.63, 3.8) is 0 Å². The Morgan fingerprint density at radius 1 is 0.955 bits per heavy atom. The highest BCUT2D eigenvalue weighted by atomic mass is 16.5. The molecule has 7 heteroatoms. The van der Waals surface area contributed by atoms with Gasteiger partial charge in [-0.25, -0.2) is 9.78 Å². The van der Waals surface area contributed by atoms with E-state index in [2.05, 4.69) is 25.7 Å². The lowest BCUT2D eigenvalue weighted by atomic mass is 10.2. The Morgan fingerprint density at radius 3 is 2.14 bits per heavy atom. The number of nitrogens with one attached hydrogen (secondary N) is 3. The molecule has 1 heterocycles. The van der Waals surface area contributed by atoms with Crippen molar-refractivity contribution >= 4 is 34.9 Å². The molecule has 0 aliphatic rings. The maximum atomic E-state index is 11.0. The van der Waals surface area contributed by atoms with Crippen LogP contribution in [-0.4, -0.2) is 24.1 Å². The Kier molecular flexibility index (Phi) is 4.92. The third kappa shape index (κ3) is 4.48. The number of amides is 2. The number of nitrogens with zero attached hydrogens (tertiary/aromatic N) is 1. The first kappa shape index (κ1) is 15.3. The summed E-state index contributed by atoms with van der Waals surface area (Å²) in [5.41, 5.74) is 2.35. The first-order chi connectivity index (χ1) is 10.6. The summed E-state index contributed by atoms with van der Waals surface area (Å²) in [4.78, 5) is 26.1. The van der Waals surface area contributed by atoms with Crippen LogP contribution in [0.4, 0.5) is 27.7 Å². The molecule has 0 atom stereocenters. The summed E-state index contributed by atoms with van der Waals surface area (Å²) < 4.78 is 4.48. The number of ether oxygens (including phenoxy) is 1. The summed E-state index contributed by atoms with van der Waals surface area (Å²) in [7, 11) is 1.29. The molecule has 0 spiro atoms. The number of aromatic nitrogens is 1. The zero-order valence-corrected chi connectivity index (χ0v) is 12.2. The lowest BCUT2D eigenvalue weighted by molar-refractivity contribution is -0.114. The second-order valence-electron chi connectivity index (χ2n) is 4.43. The van der Waals surface area contributed by atoms with Crippen LogP contribution in [0.5, 0.6) is 0 Å². The van der Waals surface area contributed by atoms with E-state index in [1.807, 2.05) is 12.1 Å². The maximum Gasteiger partial charge on any atom is 0.412 e. The Hall–Kier alpha value is -3.09. The van der Waals surface area contributed by atoms with Crippen LogP contribution in [0.25, 0.3) is 0 Å². The molecular weight excluding hydrogens is 284 g/mol. The number of carbonyl (C=O) groups excluding carboxylic acids is 2. The highest BCUT2D eigenvalue weighted by molar-refractivity contribution is 5.88. The zero-order valence-electron chi connectivity index (χ0n) is 12.2. The number of hydrogen-bond donors (Lipinski definition) is 3. The molecule has 2 amide bonds. The predicted molar refractivity (Wildman–Crippen MR) is 84.3 cm³/mol. The van der Waals surface area contributed by atoms with Gasteiger partial charge in [-0.1, -0.05) is 0 Å². The molecule has 0 fully saturated rings. The van der Waals surface area contributed by atoms with Gasteiger partial charge in [0.15, 0.2) is 0 Å². The minimum absolute atomic E-state index is 0.112. The number of anilines is 4. The summed E-state index contributed by atoms with van der Waals surface area (Å²) in [6.07, 6.45) is 1.02. The second-order valence-corrected chi connectivity index (χ2v) is 4.43. The van der Waals surface area contributed by atoms with Crippen molar-refractivity contribution in [1.29, 1.82) is 0 Å². The first-order valence-corrected chi connectivity index (χ1v) is 6.52. The molecular formula is C15H16N4O3. The quantitative estimate of drug-likeness (QED) is 0.807. The van der Waals surface area contributed by atoms with Gasteiger partial charge in [0.05, 0.1) is 19.0 Å². The second kappa shape index (κ2) is 7.07. The average molecular weight is 300 g/mol. The van der Waals surface area contributed by atoms with E-state index in [0.29, 0.717) is 5.82 Å². The summed E-state index contributed by atoms with van der Waals surface area (Å²) >= 11 is 0. The summed E-state index contributed by atoms with van der Waals surface area (Å²) in [6, 6.07) is 10.7. The Labute approximate surface area is 127 Å². The van der Waals surface area contributed by atoms with Crippen LogP contribution >= 0.6 is 0 Å². The topological polar surface area (TPSA) is 92.4 Å². The van der Waals surface area contributed by atoms with Crippen LogP contribution in [0, 0.1) is 0 Å². The van der Waals surface area contributed by atoms with Crippen molar-refractivity contribution in [3.05, 3.63) is 42.6 Å². The third-order valence-electron chi connectivity index (χ3n) is 2.67. The van der Waals surface area contributed by atoms with Gasteiger partial charge in [-0.2, -0.15) is 0 Å². The van der Waals surface area contributed by atoms with Gasteiger partial charge in [0.25, 0.3) is 0 Å². The molecule has 1 aromatic carbocycles. The van der Waals surface area contributed by atoms with Gasteiger partial charge in [-0.3, -0.25) is 10.1 Å². The van der Waals surface area contributed by atoms with Crippen molar-refractivity contribution < 1.29 is 14.3 Å². The van der Waals surface area contributed by atoms with Crippen molar-refractivity contribution in [3.8, 4) is 0 Å². The van der Waals surface area contributed by atoms with Gasteiger partial charge in [-0.05, 0) is 36.4 Å². The third-order valence-corrected chi connectivity index (χ3v) is 2.67. The molecule has 1 aromatic heterocycles. The number of methoxy groups -OCH3 is 1. The molecule has 3 N–H and O–H groups in total. The van der Waals surface area contributed by atoms with E-state index in [1.165, 1.54) is 14.0 Å². The van der Waals surface area contributed by atoms with Crippen LogP contribution in [-0.2, 0) is 9.53 Å². The normalized spacial score (nSPS) is 9.73.